The van der Waals surface area contributed by atoms with Gasteiger partial charge in [-0.1, -0.05) is 12.7 Å². The molecule has 28 heavy (non-hydrogen) atoms. The number of hydrogen-bond acceptors (Lipinski definition) is 7. The van der Waals surface area contributed by atoms with Crippen LogP contribution in [-0.2, 0) is 6.54 Å². The number of methoxy groups -OCH3 is 2. The van der Waals surface area contributed by atoms with Crippen LogP contribution in [-0.4, -0.2) is 42.8 Å². The van der Waals surface area contributed by atoms with Gasteiger partial charge >= 0.3 is 0 Å². The summed E-state index contributed by atoms with van der Waals surface area (Å²) in [7, 11) is 3.00. The summed E-state index contributed by atoms with van der Waals surface area (Å²) in [5, 5.41) is 10.5. The number of amides is 2. The molecule has 0 saturated carbocycles. The van der Waals surface area contributed by atoms with Gasteiger partial charge in [-0.25, -0.2) is 0 Å². The number of aromatic hydroxyl groups is 1. The maximum Gasteiger partial charge on any atom is 0.265 e. The van der Waals surface area contributed by atoms with E-state index in [1.54, 1.807) is 18.2 Å². The first-order chi connectivity index (χ1) is 13.4. The van der Waals surface area contributed by atoms with Gasteiger partial charge in [0, 0.05) is 17.2 Å². The van der Waals surface area contributed by atoms with Gasteiger partial charge in [-0.3, -0.25) is 19.5 Å². The fourth-order valence-corrected chi connectivity index (χ4v) is 3.22. The van der Waals surface area contributed by atoms with E-state index in [2.05, 4.69) is 18.3 Å². The molecule has 3 N–H and O–H groups in total. The van der Waals surface area contributed by atoms with Crippen molar-refractivity contribution in [3.05, 3.63) is 47.0 Å². The molecule has 0 aliphatic carbocycles. The maximum absolute atomic E-state index is 12.9. The van der Waals surface area contributed by atoms with Crippen molar-refractivity contribution in [2.45, 2.75) is 6.54 Å². The summed E-state index contributed by atoms with van der Waals surface area (Å²) in [5.41, 5.74) is 6.68. The van der Waals surface area contributed by atoms with Crippen LogP contribution >= 0.6 is 0 Å². The zero-order chi connectivity index (χ0) is 20.6. The van der Waals surface area contributed by atoms with Crippen molar-refractivity contribution < 1.29 is 24.2 Å². The lowest BCUT2D eigenvalue weighted by Crippen LogP contribution is -2.29. The third kappa shape index (κ3) is 2.66. The van der Waals surface area contributed by atoms with Crippen LogP contribution < -0.4 is 15.2 Å². The van der Waals surface area contributed by atoms with E-state index in [0.717, 1.165) is 4.90 Å². The maximum atomic E-state index is 12.9. The van der Waals surface area contributed by atoms with E-state index in [1.807, 2.05) is 0 Å². The van der Waals surface area contributed by atoms with Gasteiger partial charge < -0.3 is 20.3 Å². The van der Waals surface area contributed by atoms with Gasteiger partial charge in [-0.05, 0) is 18.9 Å². The zero-order valence-corrected chi connectivity index (χ0v) is 15.5. The first-order valence-electron chi connectivity index (χ1n) is 8.24. The molecule has 2 aromatic carbocycles. The van der Waals surface area contributed by atoms with E-state index in [0.29, 0.717) is 17.1 Å². The van der Waals surface area contributed by atoms with Crippen LogP contribution in [0.5, 0.6) is 17.2 Å². The van der Waals surface area contributed by atoms with E-state index in [4.69, 9.17) is 15.2 Å². The van der Waals surface area contributed by atoms with Gasteiger partial charge in [-0.15, -0.1) is 0 Å². The number of fused-ring (bicyclic) bond motifs is 1. The van der Waals surface area contributed by atoms with Crippen LogP contribution in [0.1, 0.15) is 31.8 Å². The summed E-state index contributed by atoms with van der Waals surface area (Å²) in [4.78, 5) is 30.6. The Kier molecular flexibility index (Phi) is 4.79. The molecule has 0 unspecified atom stereocenters. The lowest BCUT2D eigenvalue weighted by molar-refractivity contribution is 0.0641. The standard InChI is InChI=1S/C20H19N3O5/c1-5-12-16(21)14-15(18(24)17(12)22-2)20(26)23(19(14)25)9-10-6-7-11(27-3)8-13(10)28-4/h5-8,24H,1-2,9,21H2,3-4H3. The molecule has 0 bridgehead atoms. The molecule has 0 saturated heterocycles. The fourth-order valence-electron chi connectivity index (χ4n) is 3.22. The molecule has 1 aliphatic rings. The third-order valence-electron chi connectivity index (χ3n) is 4.63. The number of aliphatic imine (C=N–C) groups is 1. The van der Waals surface area contributed by atoms with Crippen LogP contribution in [0.3, 0.4) is 0 Å². The van der Waals surface area contributed by atoms with Crippen molar-refractivity contribution >= 4 is 36.0 Å². The molecule has 3 rings (SSSR count). The molecular weight excluding hydrogens is 362 g/mol. The number of nitrogen functional groups attached to an aromatic ring is 1. The molecule has 1 heterocycles. The number of hydrogen-bond donors (Lipinski definition) is 2. The molecule has 8 heteroatoms. The number of carbonyl (C=O) groups is 2. The van der Waals surface area contributed by atoms with Crippen molar-refractivity contribution in [2.24, 2.45) is 4.99 Å². The third-order valence-corrected chi connectivity index (χ3v) is 4.63. The second-order valence-electron chi connectivity index (χ2n) is 6.01. The number of carbonyl (C=O) groups excluding carboxylic acids is 2. The highest BCUT2D eigenvalue weighted by molar-refractivity contribution is 6.26. The SMILES string of the molecule is C=Cc1c(N)c2c(c(O)c1N=C)C(=O)N(Cc1ccc(OC)cc1OC)C2=O. The highest BCUT2D eigenvalue weighted by atomic mass is 16.5. The number of imide groups is 1. The van der Waals surface area contributed by atoms with Crippen molar-refractivity contribution in [3.63, 3.8) is 0 Å². The Labute approximate surface area is 161 Å². The molecule has 0 aromatic heterocycles. The smallest absolute Gasteiger partial charge is 0.265 e. The number of ether oxygens (including phenoxy) is 2. The predicted octanol–water partition coefficient (Wildman–Crippen LogP) is 2.76. The average molecular weight is 381 g/mol. The normalized spacial score (nSPS) is 12.7. The predicted molar refractivity (Wildman–Crippen MR) is 106 cm³/mol. The molecule has 0 atom stereocenters. The summed E-state index contributed by atoms with van der Waals surface area (Å²) < 4.78 is 10.5. The first-order valence-corrected chi connectivity index (χ1v) is 8.24. The number of phenols is 1. The van der Waals surface area contributed by atoms with Gasteiger partial charge in [0.2, 0.25) is 0 Å². The van der Waals surface area contributed by atoms with Crippen LogP contribution in [0.2, 0.25) is 0 Å². The average Bonchev–Trinajstić information content (AvgIpc) is 2.95. The summed E-state index contributed by atoms with van der Waals surface area (Å²) in [6, 6.07) is 5.03. The van der Waals surface area contributed by atoms with E-state index in [-0.39, 0.29) is 34.6 Å². The Morgan fingerprint density at radius 2 is 1.89 bits per heavy atom. The fraction of sp³-hybridized carbons (Fsp3) is 0.150. The van der Waals surface area contributed by atoms with E-state index < -0.39 is 17.6 Å². The monoisotopic (exact) mass is 381 g/mol. The minimum Gasteiger partial charge on any atom is -0.505 e. The summed E-state index contributed by atoms with van der Waals surface area (Å²) in [5.74, 6) is -0.723. The molecule has 2 amide bonds. The van der Waals surface area contributed by atoms with Gasteiger partial charge in [0.1, 0.15) is 17.2 Å². The Balaban J connectivity index is 2.10. The highest BCUT2D eigenvalue weighted by Gasteiger charge is 2.42. The van der Waals surface area contributed by atoms with Crippen molar-refractivity contribution in [1.29, 1.82) is 0 Å². The first kappa shape index (κ1) is 19.0. The Morgan fingerprint density at radius 1 is 1.21 bits per heavy atom. The second-order valence-corrected chi connectivity index (χ2v) is 6.01. The number of anilines is 1. The van der Waals surface area contributed by atoms with E-state index in [9.17, 15) is 14.7 Å². The van der Waals surface area contributed by atoms with Crippen LogP contribution in [0.4, 0.5) is 11.4 Å². The molecule has 144 valence electrons. The van der Waals surface area contributed by atoms with E-state index >= 15 is 0 Å². The van der Waals surface area contributed by atoms with E-state index in [1.165, 1.54) is 20.3 Å². The van der Waals surface area contributed by atoms with Crippen molar-refractivity contribution in [3.8, 4) is 17.2 Å². The summed E-state index contributed by atoms with van der Waals surface area (Å²) >= 11 is 0. The number of rotatable bonds is 6. The lowest BCUT2D eigenvalue weighted by Gasteiger charge is -2.17. The van der Waals surface area contributed by atoms with Gasteiger partial charge in [0.15, 0.2) is 5.75 Å². The number of nitrogens with two attached hydrogens (primary N) is 1. The Hall–Kier alpha value is -3.81. The molecule has 2 aromatic rings. The van der Waals surface area contributed by atoms with Gasteiger partial charge in [0.05, 0.1) is 37.6 Å². The van der Waals surface area contributed by atoms with Crippen molar-refractivity contribution in [1.82, 2.24) is 4.90 Å². The van der Waals surface area contributed by atoms with Crippen LogP contribution in [0.25, 0.3) is 6.08 Å². The Bertz CT molecular complexity index is 976. The van der Waals surface area contributed by atoms with Crippen LogP contribution in [0, 0.1) is 0 Å². The topological polar surface area (TPSA) is 114 Å². The van der Waals surface area contributed by atoms with Crippen molar-refractivity contribution in [2.75, 3.05) is 20.0 Å². The molecule has 0 spiro atoms. The zero-order valence-electron chi connectivity index (χ0n) is 15.5. The van der Waals surface area contributed by atoms with Gasteiger partial charge in [0.25, 0.3) is 11.8 Å². The molecule has 1 aliphatic heterocycles. The second kappa shape index (κ2) is 7.07. The quantitative estimate of drug-likeness (QED) is 0.344. The van der Waals surface area contributed by atoms with Crippen LogP contribution in [0.15, 0.2) is 29.8 Å². The number of nitrogens with zero attached hydrogens (tertiary/aromatic N) is 2. The highest BCUT2D eigenvalue weighted by Crippen LogP contribution is 2.45. The summed E-state index contributed by atoms with van der Waals surface area (Å²) in [6.07, 6.45) is 1.35. The summed E-state index contributed by atoms with van der Waals surface area (Å²) in [6.45, 7) is 6.93. The largest absolute Gasteiger partial charge is 0.505 e. The van der Waals surface area contributed by atoms with Gasteiger partial charge in [-0.2, -0.15) is 0 Å². The molecule has 8 nitrogen and oxygen atoms in total. The molecule has 0 radical (unpaired) electrons. The Morgan fingerprint density at radius 3 is 2.46 bits per heavy atom. The minimum atomic E-state index is -0.678. The molecular formula is C20H19N3O5. The minimum absolute atomic E-state index is 0.0104. The lowest BCUT2D eigenvalue weighted by atomic mass is 9.99. The molecule has 0 fully saturated rings. The number of phenolic OH excluding ortho intramolecular Hbond substituents is 1. The number of benzene rings is 2.